The molecule has 0 saturated heterocycles. The van der Waals surface area contributed by atoms with Crippen LogP contribution in [0.3, 0.4) is 0 Å². The van der Waals surface area contributed by atoms with Gasteiger partial charge in [-0.3, -0.25) is 4.79 Å². The number of hydrogen-bond donors (Lipinski definition) is 2. The first kappa shape index (κ1) is 16.8. The van der Waals surface area contributed by atoms with Crippen molar-refractivity contribution in [1.29, 1.82) is 0 Å². The van der Waals surface area contributed by atoms with Crippen molar-refractivity contribution in [2.75, 3.05) is 24.5 Å². The highest BCUT2D eigenvalue weighted by atomic mass is 35.5. The molecule has 4 nitrogen and oxygen atoms in total. The molecule has 1 rings (SSSR count). The van der Waals surface area contributed by atoms with Gasteiger partial charge in [0, 0.05) is 29.4 Å². The zero-order valence-corrected chi connectivity index (χ0v) is 13.0. The minimum atomic E-state index is -0.324. The molecule has 0 saturated carbocycles. The average Bonchev–Trinajstić information content (AvgIpc) is 2.41. The molecule has 0 radical (unpaired) electrons. The summed E-state index contributed by atoms with van der Waals surface area (Å²) in [5.74, 6) is -0.324. The molecule has 0 aliphatic carbocycles. The Hall–Kier alpha value is -1.26. The number of hydrogen-bond acceptors (Lipinski definition) is 3. The Labute approximate surface area is 126 Å². The van der Waals surface area contributed by atoms with E-state index in [9.17, 15) is 4.79 Å². The Morgan fingerprint density at radius 3 is 2.75 bits per heavy atom. The van der Waals surface area contributed by atoms with E-state index in [1.807, 2.05) is 23.1 Å². The summed E-state index contributed by atoms with van der Waals surface area (Å²) in [7, 11) is 0. The Morgan fingerprint density at radius 1 is 1.40 bits per heavy atom. The largest absolute Gasteiger partial charge is 0.368 e. The molecular formula is C15H24ClN3O. The molecule has 0 aliphatic heterocycles. The first-order valence-corrected chi connectivity index (χ1v) is 7.49. The van der Waals surface area contributed by atoms with Crippen LogP contribution in [0.4, 0.5) is 5.69 Å². The van der Waals surface area contributed by atoms with Gasteiger partial charge in [-0.1, -0.05) is 37.9 Å². The maximum absolute atomic E-state index is 11.3. The van der Waals surface area contributed by atoms with Gasteiger partial charge in [0.1, 0.15) is 0 Å². The summed E-state index contributed by atoms with van der Waals surface area (Å²) in [5.41, 5.74) is 7.37. The van der Waals surface area contributed by atoms with Crippen molar-refractivity contribution < 1.29 is 4.79 Å². The Morgan fingerprint density at radius 2 is 2.15 bits per heavy atom. The maximum Gasteiger partial charge on any atom is 0.236 e. The molecule has 0 atom stereocenters. The van der Waals surface area contributed by atoms with Crippen molar-refractivity contribution in [2.24, 2.45) is 5.73 Å². The van der Waals surface area contributed by atoms with Gasteiger partial charge >= 0.3 is 0 Å². The van der Waals surface area contributed by atoms with Crippen LogP contribution in [0.1, 0.15) is 32.3 Å². The number of nitrogens with two attached hydrogens (primary N) is 1. The van der Waals surface area contributed by atoms with E-state index in [1.54, 1.807) is 0 Å². The molecule has 1 amide bonds. The minimum absolute atomic E-state index is 0.222. The number of amides is 1. The second kappa shape index (κ2) is 8.82. The molecule has 0 heterocycles. The van der Waals surface area contributed by atoms with E-state index in [0.29, 0.717) is 6.54 Å². The van der Waals surface area contributed by atoms with E-state index < -0.39 is 0 Å². The number of halogens is 1. The van der Waals surface area contributed by atoms with Crippen molar-refractivity contribution in [3.63, 3.8) is 0 Å². The van der Waals surface area contributed by atoms with Crippen molar-refractivity contribution in [3.05, 3.63) is 28.8 Å². The van der Waals surface area contributed by atoms with Crippen LogP contribution in [0.25, 0.3) is 0 Å². The highest BCUT2D eigenvalue weighted by Crippen LogP contribution is 2.27. The van der Waals surface area contributed by atoms with E-state index in [1.165, 1.54) is 0 Å². The number of carbonyl (C=O) groups excluding carboxylic acids is 1. The van der Waals surface area contributed by atoms with E-state index in [4.69, 9.17) is 17.3 Å². The molecule has 20 heavy (non-hydrogen) atoms. The fourth-order valence-corrected chi connectivity index (χ4v) is 2.33. The number of rotatable bonds is 9. The number of anilines is 1. The summed E-state index contributed by atoms with van der Waals surface area (Å²) in [6.07, 6.45) is 2.08. The lowest BCUT2D eigenvalue weighted by molar-refractivity contribution is -0.116. The van der Waals surface area contributed by atoms with Gasteiger partial charge in [0.05, 0.1) is 6.54 Å². The van der Waals surface area contributed by atoms with Gasteiger partial charge in [-0.05, 0) is 25.1 Å². The topological polar surface area (TPSA) is 58.4 Å². The normalized spacial score (nSPS) is 10.6. The van der Waals surface area contributed by atoms with Gasteiger partial charge in [0.2, 0.25) is 5.91 Å². The van der Waals surface area contributed by atoms with E-state index in [2.05, 4.69) is 19.2 Å². The molecule has 0 fully saturated rings. The number of primary amides is 1. The maximum atomic E-state index is 11.3. The second-order valence-corrected chi connectivity index (χ2v) is 5.17. The van der Waals surface area contributed by atoms with Crippen LogP contribution in [-0.4, -0.2) is 25.5 Å². The molecule has 112 valence electrons. The third kappa shape index (κ3) is 5.02. The van der Waals surface area contributed by atoms with Crippen LogP contribution >= 0.6 is 11.6 Å². The fraction of sp³-hybridized carbons (Fsp3) is 0.533. The van der Waals surface area contributed by atoms with Gasteiger partial charge in [-0.25, -0.2) is 0 Å². The Kier molecular flexibility index (Phi) is 7.41. The van der Waals surface area contributed by atoms with Crippen LogP contribution in [0.2, 0.25) is 5.02 Å². The van der Waals surface area contributed by atoms with Gasteiger partial charge in [0.15, 0.2) is 0 Å². The van der Waals surface area contributed by atoms with E-state index >= 15 is 0 Å². The third-order valence-corrected chi connectivity index (χ3v) is 3.47. The number of nitrogens with zero attached hydrogens (tertiary/aromatic N) is 1. The lowest BCUT2D eigenvalue weighted by Crippen LogP contribution is -2.35. The highest BCUT2D eigenvalue weighted by Gasteiger charge is 2.15. The molecule has 5 heteroatoms. The molecule has 1 aromatic rings. The van der Waals surface area contributed by atoms with Crippen LogP contribution in [0.5, 0.6) is 0 Å². The summed E-state index contributed by atoms with van der Waals surface area (Å²) >= 11 is 6.30. The van der Waals surface area contributed by atoms with Gasteiger partial charge in [-0.2, -0.15) is 0 Å². The lowest BCUT2D eigenvalue weighted by Gasteiger charge is -2.26. The van der Waals surface area contributed by atoms with Crippen LogP contribution < -0.4 is 16.0 Å². The number of nitrogens with one attached hydrogen (secondary N) is 1. The Balaban J connectivity index is 3.03. The molecule has 0 spiro atoms. The molecule has 0 bridgehead atoms. The molecule has 1 aromatic carbocycles. The number of benzene rings is 1. The minimum Gasteiger partial charge on any atom is -0.368 e. The quantitative estimate of drug-likeness (QED) is 0.736. The monoisotopic (exact) mass is 297 g/mol. The van der Waals surface area contributed by atoms with E-state index in [0.717, 1.165) is 42.2 Å². The first-order valence-electron chi connectivity index (χ1n) is 7.11. The zero-order valence-electron chi connectivity index (χ0n) is 12.3. The van der Waals surface area contributed by atoms with Gasteiger partial charge in [-0.15, -0.1) is 0 Å². The average molecular weight is 298 g/mol. The van der Waals surface area contributed by atoms with Crippen LogP contribution in [0, 0.1) is 0 Å². The molecular weight excluding hydrogens is 274 g/mol. The van der Waals surface area contributed by atoms with Crippen LogP contribution in [0.15, 0.2) is 18.2 Å². The van der Waals surface area contributed by atoms with E-state index in [-0.39, 0.29) is 12.5 Å². The van der Waals surface area contributed by atoms with Crippen molar-refractivity contribution in [3.8, 4) is 0 Å². The van der Waals surface area contributed by atoms with Gasteiger partial charge < -0.3 is 16.0 Å². The number of carbonyl (C=O) groups is 1. The molecule has 3 N–H and O–H groups in total. The summed E-state index contributed by atoms with van der Waals surface area (Å²) in [6, 6.07) is 5.78. The predicted molar refractivity (Wildman–Crippen MR) is 85.1 cm³/mol. The molecule has 0 unspecified atom stereocenters. The van der Waals surface area contributed by atoms with Crippen molar-refractivity contribution in [1.82, 2.24) is 5.32 Å². The van der Waals surface area contributed by atoms with Crippen molar-refractivity contribution >= 4 is 23.2 Å². The smallest absolute Gasteiger partial charge is 0.236 e. The molecule has 0 aromatic heterocycles. The summed E-state index contributed by atoms with van der Waals surface area (Å²) < 4.78 is 0. The standard InChI is InChI=1S/C15H24ClN3O/c1-3-5-9-19(11-15(17)20)14-8-6-7-13(16)12(14)10-18-4-2/h6-8,18H,3-5,9-11H2,1-2H3,(H2,17,20). The second-order valence-electron chi connectivity index (χ2n) is 4.76. The fourth-order valence-electron chi connectivity index (χ4n) is 2.09. The highest BCUT2D eigenvalue weighted by molar-refractivity contribution is 6.31. The lowest BCUT2D eigenvalue weighted by atomic mass is 10.1. The predicted octanol–water partition coefficient (Wildman–Crippen LogP) is 2.54. The SMILES string of the molecule is CCCCN(CC(N)=O)c1cccc(Cl)c1CNCC. The van der Waals surface area contributed by atoms with Gasteiger partial charge in [0.25, 0.3) is 0 Å². The summed E-state index contributed by atoms with van der Waals surface area (Å²) in [4.78, 5) is 13.3. The van der Waals surface area contributed by atoms with Crippen molar-refractivity contribution in [2.45, 2.75) is 33.2 Å². The Bertz CT molecular complexity index is 437. The summed E-state index contributed by atoms with van der Waals surface area (Å²) in [5, 5.41) is 4.00. The van der Waals surface area contributed by atoms with Crippen LogP contribution in [-0.2, 0) is 11.3 Å². The number of unbranched alkanes of at least 4 members (excludes halogenated alkanes) is 1. The third-order valence-electron chi connectivity index (χ3n) is 3.11. The summed E-state index contributed by atoms with van der Waals surface area (Å²) in [6.45, 7) is 6.76. The first-order chi connectivity index (χ1) is 9.60. The molecule has 0 aliphatic rings. The zero-order chi connectivity index (χ0) is 15.0.